The maximum absolute atomic E-state index is 9.96. The summed E-state index contributed by atoms with van der Waals surface area (Å²) in [6, 6.07) is 0. The number of hydrogen-bond donors (Lipinski definition) is 1. The van der Waals surface area contributed by atoms with Crippen molar-refractivity contribution < 1.29 is 5.11 Å². The summed E-state index contributed by atoms with van der Waals surface area (Å²) in [5, 5.41) is 9.96. The van der Waals surface area contributed by atoms with Gasteiger partial charge in [0.25, 0.3) is 0 Å². The Kier molecular flexibility index (Phi) is 5.07. The first-order chi connectivity index (χ1) is 7.00. The van der Waals surface area contributed by atoms with E-state index in [4.69, 9.17) is 0 Å². The van der Waals surface area contributed by atoms with Crippen LogP contribution in [0.15, 0.2) is 0 Å². The molecule has 1 heterocycles. The van der Waals surface area contributed by atoms with Crippen LogP contribution >= 0.6 is 0 Å². The van der Waals surface area contributed by atoms with Gasteiger partial charge in [0.1, 0.15) is 0 Å². The molecule has 1 saturated heterocycles. The standard InChI is InChI=1S/C13H27NO/c1-13(2,3)12(15)8-11-14-9-6-4-5-7-10-14/h12,15H,4-11H2,1-3H3. The molecule has 1 fully saturated rings. The van der Waals surface area contributed by atoms with E-state index in [0.29, 0.717) is 0 Å². The molecular weight excluding hydrogens is 186 g/mol. The summed E-state index contributed by atoms with van der Waals surface area (Å²) in [6.45, 7) is 9.87. The minimum absolute atomic E-state index is 0.0336. The zero-order valence-electron chi connectivity index (χ0n) is 10.6. The maximum Gasteiger partial charge on any atom is 0.0600 e. The Balaban J connectivity index is 2.23. The van der Waals surface area contributed by atoms with Gasteiger partial charge < -0.3 is 10.0 Å². The van der Waals surface area contributed by atoms with Gasteiger partial charge in [-0.3, -0.25) is 0 Å². The number of hydrogen-bond acceptors (Lipinski definition) is 2. The highest BCUT2D eigenvalue weighted by atomic mass is 16.3. The summed E-state index contributed by atoms with van der Waals surface area (Å²) in [4.78, 5) is 2.52. The molecule has 0 aromatic carbocycles. The quantitative estimate of drug-likeness (QED) is 0.779. The second-order valence-corrected chi connectivity index (χ2v) is 5.93. The van der Waals surface area contributed by atoms with E-state index < -0.39 is 0 Å². The SMILES string of the molecule is CC(C)(C)C(O)CCN1CCCCCC1. The van der Waals surface area contributed by atoms with Gasteiger partial charge in [-0.15, -0.1) is 0 Å². The molecule has 1 N–H and O–H groups in total. The minimum atomic E-state index is -0.166. The highest BCUT2D eigenvalue weighted by Gasteiger charge is 2.22. The summed E-state index contributed by atoms with van der Waals surface area (Å²) in [6.07, 6.45) is 6.21. The third-order valence-corrected chi connectivity index (χ3v) is 3.42. The van der Waals surface area contributed by atoms with Gasteiger partial charge in [-0.1, -0.05) is 33.6 Å². The Morgan fingerprint density at radius 1 is 1.07 bits per heavy atom. The van der Waals surface area contributed by atoms with Crippen LogP contribution in [0.1, 0.15) is 52.9 Å². The van der Waals surface area contributed by atoms with Gasteiger partial charge in [0.05, 0.1) is 6.10 Å². The minimum Gasteiger partial charge on any atom is -0.393 e. The molecule has 2 nitrogen and oxygen atoms in total. The fourth-order valence-electron chi connectivity index (χ4n) is 2.10. The van der Waals surface area contributed by atoms with E-state index >= 15 is 0 Å². The second-order valence-electron chi connectivity index (χ2n) is 5.93. The van der Waals surface area contributed by atoms with Crippen molar-refractivity contribution in [2.75, 3.05) is 19.6 Å². The van der Waals surface area contributed by atoms with Crippen LogP contribution in [-0.2, 0) is 0 Å². The first kappa shape index (κ1) is 13.0. The largest absolute Gasteiger partial charge is 0.393 e. The maximum atomic E-state index is 9.96. The number of nitrogens with zero attached hydrogens (tertiary/aromatic N) is 1. The van der Waals surface area contributed by atoms with E-state index in [1.807, 2.05) is 0 Å². The van der Waals surface area contributed by atoms with Gasteiger partial charge >= 0.3 is 0 Å². The van der Waals surface area contributed by atoms with Crippen molar-refractivity contribution in [3.63, 3.8) is 0 Å². The second kappa shape index (κ2) is 5.86. The van der Waals surface area contributed by atoms with Crippen molar-refractivity contribution in [1.29, 1.82) is 0 Å². The van der Waals surface area contributed by atoms with Crippen molar-refractivity contribution in [2.24, 2.45) is 5.41 Å². The zero-order chi connectivity index (χ0) is 11.3. The molecule has 0 saturated carbocycles. The molecule has 0 bridgehead atoms. The lowest BCUT2D eigenvalue weighted by molar-refractivity contribution is 0.0459. The van der Waals surface area contributed by atoms with E-state index in [0.717, 1.165) is 13.0 Å². The first-order valence-electron chi connectivity index (χ1n) is 6.40. The third-order valence-electron chi connectivity index (χ3n) is 3.42. The van der Waals surface area contributed by atoms with Crippen LogP contribution in [0.25, 0.3) is 0 Å². The molecule has 1 rings (SSSR count). The van der Waals surface area contributed by atoms with Crippen LogP contribution < -0.4 is 0 Å². The van der Waals surface area contributed by atoms with Crippen molar-refractivity contribution in [3.8, 4) is 0 Å². The molecule has 15 heavy (non-hydrogen) atoms. The van der Waals surface area contributed by atoms with E-state index in [2.05, 4.69) is 25.7 Å². The molecule has 0 aliphatic carbocycles. The Hall–Kier alpha value is -0.0800. The molecule has 1 unspecified atom stereocenters. The van der Waals surface area contributed by atoms with Gasteiger partial charge in [0.15, 0.2) is 0 Å². The summed E-state index contributed by atoms with van der Waals surface area (Å²) in [5.41, 5.74) is 0.0336. The molecule has 1 aliphatic rings. The number of rotatable bonds is 3. The van der Waals surface area contributed by atoms with E-state index in [1.54, 1.807) is 0 Å². The molecule has 90 valence electrons. The van der Waals surface area contributed by atoms with Crippen LogP contribution in [-0.4, -0.2) is 35.7 Å². The van der Waals surface area contributed by atoms with Gasteiger partial charge in [-0.2, -0.15) is 0 Å². The van der Waals surface area contributed by atoms with Crippen LogP contribution in [0, 0.1) is 5.41 Å². The summed E-state index contributed by atoms with van der Waals surface area (Å²) in [5.74, 6) is 0. The van der Waals surface area contributed by atoms with E-state index in [1.165, 1.54) is 38.8 Å². The van der Waals surface area contributed by atoms with Crippen molar-refractivity contribution in [1.82, 2.24) is 4.90 Å². The van der Waals surface area contributed by atoms with Crippen LogP contribution in [0.4, 0.5) is 0 Å². The van der Waals surface area contributed by atoms with Crippen molar-refractivity contribution in [2.45, 2.75) is 59.0 Å². The Morgan fingerprint density at radius 3 is 2.07 bits per heavy atom. The summed E-state index contributed by atoms with van der Waals surface area (Å²) < 4.78 is 0. The Morgan fingerprint density at radius 2 is 1.60 bits per heavy atom. The molecule has 0 aromatic heterocycles. The van der Waals surface area contributed by atoms with Crippen molar-refractivity contribution in [3.05, 3.63) is 0 Å². The average molecular weight is 213 g/mol. The number of aliphatic hydroxyl groups excluding tert-OH is 1. The Bertz CT molecular complexity index is 166. The fourth-order valence-corrected chi connectivity index (χ4v) is 2.10. The molecule has 0 aromatic rings. The lowest BCUT2D eigenvalue weighted by Crippen LogP contribution is -2.33. The van der Waals surface area contributed by atoms with Crippen LogP contribution in [0.2, 0.25) is 0 Å². The molecule has 1 atom stereocenters. The third kappa shape index (κ3) is 4.98. The molecule has 1 aliphatic heterocycles. The Labute approximate surface area is 94.7 Å². The lowest BCUT2D eigenvalue weighted by atomic mass is 9.87. The monoisotopic (exact) mass is 213 g/mol. The predicted octanol–water partition coefficient (Wildman–Crippen LogP) is 2.66. The molecule has 0 amide bonds. The normalized spacial score (nSPS) is 22.4. The zero-order valence-corrected chi connectivity index (χ0v) is 10.6. The topological polar surface area (TPSA) is 23.5 Å². The van der Waals surface area contributed by atoms with Gasteiger partial charge in [0.2, 0.25) is 0 Å². The van der Waals surface area contributed by atoms with Crippen molar-refractivity contribution >= 4 is 0 Å². The highest BCUT2D eigenvalue weighted by molar-refractivity contribution is 4.74. The molecule has 0 spiro atoms. The molecular formula is C13H27NO. The molecule has 0 radical (unpaired) electrons. The van der Waals surface area contributed by atoms with E-state index in [-0.39, 0.29) is 11.5 Å². The van der Waals surface area contributed by atoms with Gasteiger partial charge in [-0.25, -0.2) is 0 Å². The van der Waals surface area contributed by atoms with Crippen LogP contribution in [0.5, 0.6) is 0 Å². The predicted molar refractivity (Wildman–Crippen MR) is 65.0 cm³/mol. The fraction of sp³-hybridized carbons (Fsp3) is 1.00. The average Bonchev–Trinajstić information content (AvgIpc) is 2.40. The smallest absolute Gasteiger partial charge is 0.0600 e. The van der Waals surface area contributed by atoms with Gasteiger partial charge in [0, 0.05) is 6.54 Å². The number of likely N-dealkylation sites (tertiary alicyclic amines) is 1. The highest BCUT2D eigenvalue weighted by Crippen LogP contribution is 2.22. The summed E-state index contributed by atoms with van der Waals surface area (Å²) in [7, 11) is 0. The van der Waals surface area contributed by atoms with E-state index in [9.17, 15) is 5.11 Å². The molecule has 2 heteroatoms. The number of aliphatic hydroxyl groups is 1. The first-order valence-corrected chi connectivity index (χ1v) is 6.40. The summed E-state index contributed by atoms with van der Waals surface area (Å²) >= 11 is 0. The van der Waals surface area contributed by atoms with Gasteiger partial charge in [-0.05, 0) is 37.8 Å². The lowest BCUT2D eigenvalue weighted by Gasteiger charge is -2.28. The van der Waals surface area contributed by atoms with Crippen LogP contribution in [0.3, 0.4) is 0 Å².